The van der Waals surface area contributed by atoms with Gasteiger partial charge in [-0.05, 0) is 12.1 Å². The number of nitrogens with zero attached hydrogens (tertiary/aromatic N) is 1. The van der Waals surface area contributed by atoms with Gasteiger partial charge in [0.15, 0.2) is 0 Å². The van der Waals surface area contributed by atoms with Gasteiger partial charge in [0.1, 0.15) is 5.75 Å². The molecule has 0 aliphatic rings. The lowest BCUT2D eigenvalue weighted by atomic mass is 10.1. The first-order chi connectivity index (χ1) is 6.56. The number of hydrogen-bond donors (Lipinski definition) is 3. The highest BCUT2D eigenvalue weighted by Gasteiger charge is 2.19. The Balaban J connectivity index is 3.21. The summed E-state index contributed by atoms with van der Waals surface area (Å²) in [4.78, 5) is 9.90. The summed E-state index contributed by atoms with van der Waals surface area (Å²) in [5.41, 5.74) is 5.37. The highest BCUT2D eigenvalue weighted by atomic mass is 16.6. The zero-order chi connectivity index (χ0) is 10.7. The van der Waals surface area contributed by atoms with E-state index in [0.29, 0.717) is 0 Å². The van der Waals surface area contributed by atoms with E-state index in [1.165, 1.54) is 12.1 Å². The highest BCUT2D eigenvalue weighted by Crippen LogP contribution is 2.27. The molecule has 0 fully saturated rings. The van der Waals surface area contributed by atoms with Crippen molar-refractivity contribution in [2.75, 3.05) is 6.61 Å². The molecule has 1 atom stereocenters. The fraction of sp³-hybridized carbons (Fsp3) is 0.250. The molecule has 6 heteroatoms. The molecule has 6 nitrogen and oxygen atoms in total. The summed E-state index contributed by atoms with van der Waals surface area (Å²) in [7, 11) is 0. The molecule has 0 radical (unpaired) electrons. The summed E-state index contributed by atoms with van der Waals surface area (Å²) in [6, 6.07) is 2.81. The van der Waals surface area contributed by atoms with Crippen molar-refractivity contribution in [3.63, 3.8) is 0 Å². The number of nitro groups is 1. The number of benzene rings is 1. The lowest BCUT2D eigenvalue weighted by Gasteiger charge is -2.08. The van der Waals surface area contributed by atoms with E-state index in [1.807, 2.05) is 0 Å². The first-order valence-corrected chi connectivity index (χ1v) is 3.90. The van der Waals surface area contributed by atoms with Crippen LogP contribution in [-0.4, -0.2) is 21.7 Å². The second kappa shape index (κ2) is 4.03. The maximum atomic E-state index is 10.6. The topological polar surface area (TPSA) is 110 Å². The summed E-state index contributed by atoms with van der Waals surface area (Å²) in [5, 5.41) is 28.3. The summed E-state index contributed by atoms with van der Waals surface area (Å²) >= 11 is 0. The molecule has 0 aliphatic carbocycles. The van der Waals surface area contributed by atoms with Crippen LogP contribution in [0.5, 0.6) is 5.75 Å². The minimum Gasteiger partial charge on any atom is -0.508 e. The summed E-state index contributed by atoms with van der Waals surface area (Å²) < 4.78 is 0. The third-order valence-corrected chi connectivity index (χ3v) is 1.81. The molecule has 14 heavy (non-hydrogen) atoms. The van der Waals surface area contributed by atoms with Crippen LogP contribution >= 0.6 is 0 Å². The van der Waals surface area contributed by atoms with E-state index in [9.17, 15) is 10.1 Å². The third-order valence-electron chi connectivity index (χ3n) is 1.81. The molecular weight excluding hydrogens is 188 g/mol. The van der Waals surface area contributed by atoms with Gasteiger partial charge in [-0.3, -0.25) is 10.1 Å². The van der Waals surface area contributed by atoms with Crippen LogP contribution in [0.2, 0.25) is 0 Å². The van der Waals surface area contributed by atoms with Gasteiger partial charge in [-0.25, -0.2) is 0 Å². The molecule has 76 valence electrons. The fourth-order valence-corrected chi connectivity index (χ4v) is 1.10. The van der Waals surface area contributed by atoms with Crippen LogP contribution in [0.4, 0.5) is 5.69 Å². The second-order valence-electron chi connectivity index (χ2n) is 2.79. The molecule has 0 spiro atoms. The van der Waals surface area contributed by atoms with Crippen LogP contribution in [0.1, 0.15) is 11.6 Å². The lowest BCUT2D eigenvalue weighted by molar-refractivity contribution is -0.385. The Morgan fingerprint density at radius 2 is 2.21 bits per heavy atom. The lowest BCUT2D eigenvalue weighted by Crippen LogP contribution is -2.15. The molecule has 0 heterocycles. The molecule has 4 N–H and O–H groups in total. The quantitative estimate of drug-likeness (QED) is 0.477. The van der Waals surface area contributed by atoms with Crippen LogP contribution in [0.15, 0.2) is 18.2 Å². The van der Waals surface area contributed by atoms with E-state index in [2.05, 4.69) is 0 Å². The number of aliphatic hydroxyl groups is 1. The molecule has 0 saturated carbocycles. The fourth-order valence-electron chi connectivity index (χ4n) is 1.10. The van der Waals surface area contributed by atoms with Crippen LogP contribution in [-0.2, 0) is 0 Å². The Bertz CT molecular complexity index is 353. The largest absolute Gasteiger partial charge is 0.508 e. The van der Waals surface area contributed by atoms with Gasteiger partial charge in [0.25, 0.3) is 5.69 Å². The number of nitro benzene ring substituents is 1. The minimum atomic E-state index is -0.809. The van der Waals surface area contributed by atoms with Crippen molar-refractivity contribution >= 4 is 5.69 Å². The number of aliphatic hydroxyl groups excluding tert-OH is 1. The summed E-state index contributed by atoms with van der Waals surface area (Å²) in [6.07, 6.45) is 0. The summed E-state index contributed by atoms with van der Waals surface area (Å²) in [6.45, 7) is -0.383. The zero-order valence-corrected chi connectivity index (χ0v) is 7.25. The summed E-state index contributed by atoms with van der Waals surface area (Å²) in [5.74, 6) is -0.203. The van der Waals surface area contributed by atoms with Crippen molar-refractivity contribution in [1.82, 2.24) is 0 Å². The SMILES string of the molecule is N[C@@H](CO)c1ccc(O)cc1[N+](=O)[O-]. The van der Waals surface area contributed by atoms with Crippen molar-refractivity contribution in [2.45, 2.75) is 6.04 Å². The number of phenolic OH excluding ortho intramolecular Hbond substituents is 1. The Hall–Kier alpha value is -1.66. The van der Waals surface area contributed by atoms with Gasteiger partial charge in [-0.1, -0.05) is 0 Å². The second-order valence-corrected chi connectivity index (χ2v) is 2.79. The minimum absolute atomic E-state index is 0.203. The van der Waals surface area contributed by atoms with Gasteiger partial charge < -0.3 is 15.9 Å². The number of rotatable bonds is 3. The third kappa shape index (κ3) is 1.98. The molecular formula is C8H10N2O4. The van der Waals surface area contributed by atoms with Gasteiger partial charge in [-0.2, -0.15) is 0 Å². The van der Waals surface area contributed by atoms with E-state index in [-0.39, 0.29) is 23.6 Å². The molecule has 0 aliphatic heterocycles. The van der Waals surface area contributed by atoms with Crippen LogP contribution < -0.4 is 5.73 Å². The first kappa shape index (κ1) is 10.4. The Kier molecular flexibility index (Phi) is 3.00. The van der Waals surface area contributed by atoms with Crippen molar-refractivity contribution in [3.8, 4) is 5.75 Å². The maximum Gasteiger partial charge on any atom is 0.277 e. The standard InChI is InChI=1S/C8H10N2O4/c9-7(4-11)6-2-1-5(12)3-8(6)10(13)14/h1-3,7,11-12H,4,9H2/t7-/m0/s1. The van der Waals surface area contributed by atoms with E-state index < -0.39 is 11.0 Å². The molecule has 0 unspecified atom stereocenters. The predicted molar refractivity (Wildman–Crippen MR) is 48.8 cm³/mol. The molecule has 1 rings (SSSR count). The molecule has 1 aromatic carbocycles. The maximum absolute atomic E-state index is 10.6. The molecule has 0 amide bonds. The van der Waals surface area contributed by atoms with Gasteiger partial charge in [0, 0.05) is 5.56 Å². The van der Waals surface area contributed by atoms with Crippen LogP contribution in [0.3, 0.4) is 0 Å². The number of hydrogen-bond acceptors (Lipinski definition) is 5. The predicted octanol–water partition coefficient (Wildman–Crippen LogP) is 0.292. The average Bonchev–Trinajstić information content (AvgIpc) is 2.16. The van der Waals surface area contributed by atoms with Crippen molar-refractivity contribution in [1.29, 1.82) is 0 Å². The normalized spacial score (nSPS) is 12.4. The molecule has 0 saturated heterocycles. The molecule has 0 bridgehead atoms. The number of nitrogens with two attached hydrogens (primary N) is 1. The van der Waals surface area contributed by atoms with E-state index in [4.69, 9.17) is 15.9 Å². The van der Waals surface area contributed by atoms with Gasteiger partial charge >= 0.3 is 0 Å². The van der Waals surface area contributed by atoms with Crippen molar-refractivity contribution in [2.24, 2.45) is 5.73 Å². The monoisotopic (exact) mass is 198 g/mol. The average molecular weight is 198 g/mol. The Morgan fingerprint density at radius 3 is 2.71 bits per heavy atom. The Morgan fingerprint density at radius 1 is 1.57 bits per heavy atom. The molecule has 1 aromatic rings. The van der Waals surface area contributed by atoms with Gasteiger partial charge in [-0.15, -0.1) is 0 Å². The molecule has 0 aromatic heterocycles. The van der Waals surface area contributed by atoms with Crippen molar-refractivity contribution in [3.05, 3.63) is 33.9 Å². The van der Waals surface area contributed by atoms with Gasteiger partial charge in [0.2, 0.25) is 0 Å². The number of phenols is 1. The van der Waals surface area contributed by atoms with E-state index in [1.54, 1.807) is 0 Å². The van der Waals surface area contributed by atoms with E-state index >= 15 is 0 Å². The number of aromatic hydroxyl groups is 1. The van der Waals surface area contributed by atoms with Crippen LogP contribution in [0, 0.1) is 10.1 Å². The zero-order valence-electron chi connectivity index (χ0n) is 7.25. The van der Waals surface area contributed by atoms with Gasteiger partial charge in [0.05, 0.1) is 23.6 Å². The van der Waals surface area contributed by atoms with E-state index in [0.717, 1.165) is 6.07 Å². The van der Waals surface area contributed by atoms with Crippen LogP contribution in [0.25, 0.3) is 0 Å². The van der Waals surface area contributed by atoms with Crippen molar-refractivity contribution < 1.29 is 15.1 Å². The smallest absolute Gasteiger partial charge is 0.277 e. The Labute approximate surface area is 79.7 Å². The highest BCUT2D eigenvalue weighted by molar-refractivity contribution is 5.47. The first-order valence-electron chi connectivity index (χ1n) is 3.90.